The standard InChI is InChI=1S/C18H11N3O4S/c19-16-14-11(17(24)20-18(14)25)8-13(22)21(16)10-5-3-9(4-6-10)15(23)12-2-1-7-26-12/h1-8H,19H2,(H,20,24,25). The van der Waals surface area contributed by atoms with E-state index in [1.807, 2.05) is 5.38 Å². The van der Waals surface area contributed by atoms with Crippen LogP contribution >= 0.6 is 11.3 Å². The summed E-state index contributed by atoms with van der Waals surface area (Å²) in [6.45, 7) is 0. The van der Waals surface area contributed by atoms with E-state index in [-0.39, 0.29) is 22.7 Å². The van der Waals surface area contributed by atoms with Crippen molar-refractivity contribution in [1.29, 1.82) is 0 Å². The molecular formula is C18H11N3O4S. The van der Waals surface area contributed by atoms with E-state index in [1.54, 1.807) is 36.4 Å². The number of thiophene rings is 1. The third kappa shape index (κ3) is 2.35. The van der Waals surface area contributed by atoms with Gasteiger partial charge in [-0.15, -0.1) is 11.3 Å². The van der Waals surface area contributed by atoms with Gasteiger partial charge in [-0.25, -0.2) is 0 Å². The van der Waals surface area contributed by atoms with Gasteiger partial charge in [0.25, 0.3) is 17.4 Å². The zero-order chi connectivity index (χ0) is 18.4. The van der Waals surface area contributed by atoms with Gasteiger partial charge in [-0.05, 0) is 35.7 Å². The summed E-state index contributed by atoms with van der Waals surface area (Å²) in [5.74, 6) is -1.52. The summed E-state index contributed by atoms with van der Waals surface area (Å²) in [4.78, 5) is 48.9. The number of carbonyl (C=O) groups excluding carboxylic acids is 3. The van der Waals surface area contributed by atoms with Gasteiger partial charge in [0.1, 0.15) is 5.82 Å². The molecule has 0 unspecified atom stereocenters. The van der Waals surface area contributed by atoms with Crippen LogP contribution < -0.4 is 16.6 Å². The van der Waals surface area contributed by atoms with Crippen LogP contribution in [0.2, 0.25) is 0 Å². The van der Waals surface area contributed by atoms with Crippen LogP contribution in [0.25, 0.3) is 5.69 Å². The van der Waals surface area contributed by atoms with E-state index in [9.17, 15) is 19.2 Å². The van der Waals surface area contributed by atoms with Crippen molar-refractivity contribution in [3.63, 3.8) is 0 Å². The molecule has 0 spiro atoms. The highest BCUT2D eigenvalue weighted by Gasteiger charge is 2.31. The van der Waals surface area contributed by atoms with E-state index in [4.69, 9.17) is 5.73 Å². The first kappa shape index (κ1) is 16.0. The Balaban J connectivity index is 1.79. The van der Waals surface area contributed by atoms with Gasteiger partial charge in [0.15, 0.2) is 0 Å². The molecule has 0 bridgehead atoms. The minimum absolute atomic E-state index is 0.0201. The van der Waals surface area contributed by atoms with Gasteiger partial charge in [0, 0.05) is 11.6 Å². The van der Waals surface area contributed by atoms with Crippen molar-refractivity contribution < 1.29 is 14.4 Å². The fourth-order valence-electron chi connectivity index (χ4n) is 2.86. The number of carbonyl (C=O) groups is 3. The number of nitrogen functional groups attached to an aromatic ring is 1. The minimum Gasteiger partial charge on any atom is -0.384 e. The second kappa shape index (κ2) is 5.78. The summed E-state index contributed by atoms with van der Waals surface area (Å²) in [6.07, 6.45) is 0. The summed E-state index contributed by atoms with van der Waals surface area (Å²) < 4.78 is 1.14. The Hall–Kier alpha value is -3.52. The largest absolute Gasteiger partial charge is 0.384 e. The number of rotatable bonds is 3. The van der Waals surface area contributed by atoms with E-state index in [2.05, 4.69) is 5.32 Å². The predicted molar refractivity (Wildman–Crippen MR) is 96.0 cm³/mol. The molecule has 0 aliphatic carbocycles. The highest BCUT2D eigenvalue weighted by molar-refractivity contribution is 7.12. The Kier molecular flexibility index (Phi) is 3.55. The lowest BCUT2D eigenvalue weighted by atomic mass is 10.1. The van der Waals surface area contributed by atoms with Gasteiger partial charge >= 0.3 is 0 Å². The first-order valence-electron chi connectivity index (χ1n) is 7.57. The molecular weight excluding hydrogens is 354 g/mol. The maximum atomic E-state index is 12.4. The van der Waals surface area contributed by atoms with Crippen molar-refractivity contribution in [2.45, 2.75) is 0 Å². The molecule has 0 atom stereocenters. The first-order valence-corrected chi connectivity index (χ1v) is 8.45. The zero-order valence-electron chi connectivity index (χ0n) is 13.2. The van der Waals surface area contributed by atoms with Crippen LogP contribution in [0.5, 0.6) is 0 Å². The molecule has 0 radical (unpaired) electrons. The topological polar surface area (TPSA) is 111 Å². The van der Waals surface area contributed by atoms with Crippen LogP contribution in [0, 0.1) is 0 Å². The average molecular weight is 365 g/mol. The molecule has 0 fully saturated rings. The van der Waals surface area contributed by atoms with Crippen molar-refractivity contribution in [2.24, 2.45) is 0 Å². The summed E-state index contributed by atoms with van der Waals surface area (Å²) >= 11 is 1.34. The summed E-state index contributed by atoms with van der Waals surface area (Å²) in [6, 6.07) is 10.9. The van der Waals surface area contributed by atoms with Crippen molar-refractivity contribution in [2.75, 3.05) is 5.73 Å². The van der Waals surface area contributed by atoms with Crippen LogP contribution in [0.15, 0.2) is 52.6 Å². The van der Waals surface area contributed by atoms with Gasteiger partial charge in [0.2, 0.25) is 5.78 Å². The number of nitrogens with one attached hydrogen (secondary N) is 1. The third-order valence-corrected chi connectivity index (χ3v) is 4.95. The lowest BCUT2D eigenvalue weighted by molar-refractivity contribution is 0.0879. The molecule has 2 aromatic heterocycles. The highest BCUT2D eigenvalue weighted by atomic mass is 32.1. The summed E-state index contributed by atoms with van der Waals surface area (Å²) in [5.41, 5.74) is 6.25. The molecule has 1 aliphatic heterocycles. The van der Waals surface area contributed by atoms with Crippen molar-refractivity contribution in [3.8, 4) is 5.69 Å². The monoisotopic (exact) mass is 365 g/mol. The van der Waals surface area contributed by atoms with Crippen molar-refractivity contribution in [3.05, 3.63) is 79.8 Å². The lowest BCUT2D eigenvalue weighted by Gasteiger charge is -2.12. The maximum Gasteiger partial charge on any atom is 0.262 e. The van der Waals surface area contributed by atoms with E-state index >= 15 is 0 Å². The van der Waals surface area contributed by atoms with Crippen LogP contribution in [0.1, 0.15) is 36.0 Å². The number of amides is 2. The van der Waals surface area contributed by atoms with E-state index in [0.717, 1.165) is 10.6 Å². The fourth-order valence-corrected chi connectivity index (χ4v) is 3.54. The molecule has 0 saturated carbocycles. The van der Waals surface area contributed by atoms with Crippen molar-refractivity contribution in [1.82, 2.24) is 9.88 Å². The van der Waals surface area contributed by atoms with Crippen LogP contribution in [0.4, 0.5) is 5.82 Å². The zero-order valence-corrected chi connectivity index (χ0v) is 14.0. The number of nitrogens with two attached hydrogens (primary N) is 1. The second-order valence-electron chi connectivity index (χ2n) is 5.63. The molecule has 1 aliphatic rings. The van der Waals surface area contributed by atoms with Crippen molar-refractivity contribution >= 4 is 34.8 Å². The van der Waals surface area contributed by atoms with Gasteiger partial charge < -0.3 is 5.73 Å². The Morgan fingerprint density at radius 3 is 2.42 bits per heavy atom. The average Bonchev–Trinajstić information content (AvgIpc) is 3.24. The SMILES string of the molecule is Nc1c2c(cc(=O)n1-c1ccc(C(=O)c3cccs3)cc1)C(=O)NC2=O. The molecule has 26 heavy (non-hydrogen) atoms. The molecule has 7 nitrogen and oxygen atoms in total. The Morgan fingerprint density at radius 1 is 1.04 bits per heavy atom. The molecule has 2 amide bonds. The van der Waals surface area contributed by atoms with Gasteiger partial charge in [-0.2, -0.15) is 0 Å². The van der Waals surface area contributed by atoms with E-state index in [1.165, 1.54) is 11.3 Å². The molecule has 8 heteroatoms. The maximum absolute atomic E-state index is 12.4. The van der Waals surface area contributed by atoms with Crippen LogP contribution in [-0.2, 0) is 0 Å². The summed E-state index contributed by atoms with van der Waals surface area (Å²) in [7, 11) is 0. The summed E-state index contributed by atoms with van der Waals surface area (Å²) in [5, 5.41) is 3.93. The number of hydrogen-bond acceptors (Lipinski definition) is 6. The normalized spacial score (nSPS) is 12.8. The quantitative estimate of drug-likeness (QED) is 0.541. The number of aromatic nitrogens is 1. The van der Waals surface area contributed by atoms with E-state index in [0.29, 0.717) is 16.1 Å². The number of nitrogens with zero attached hydrogens (tertiary/aromatic N) is 1. The minimum atomic E-state index is -0.641. The number of fused-ring (bicyclic) bond motifs is 1. The number of pyridine rings is 1. The van der Waals surface area contributed by atoms with E-state index < -0.39 is 17.4 Å². The van der Waals surface area contributed by atoms with Crippen LogP contribution in [0.3, 0.4) is 0 Å². The Labute approximate surface area is 150 Å². The number of ketones is 1. The lowest BCUT2D eigenvalue weighted by Crippen LogP contribution is -2.24. The third-order valence-electron chi connectivity index (χ3n) is 4.09. The number of hydrogen-bond donors (Lipinski definition) is 2. The molecule has 4 rings (SSSR count). The Morgan fingerprint density at radius 2 is 1.77 bits per heavy atom. The molecule has 1 aromatic carbocycles. The second-order valence-corrected chi connectivity index (χ2v) is 6.58. The number of imide groups is 1. The molecule has 0 saturated heterocycles. The number of anilines is 1. The van der Waals surface area contributed by atoms with Gasteiger partial charge in [-0.1, -0.05) is 6.07 Å². The van der Waals surface area contributed by atoms with Gasteiger partial charge in [0.05, 0.1) is 21.7 Å². The van der Waals surface area contributed by atoms with Gasteiger partial charge in [-0.3, -0.25) is 29.1 Å². The molecule has 128 valence electrons. The smallest absolute Gasteiger partial charge is 0.262 e. The molecule has 3 N–H and O–H groups in total. The predicted octanol–water partition coefficient (Wildman–Crippen LogP) is 1.60. The first-order chi connectivity index (χ1) is 12.5. The fraction of sp³-hybridized carbons (Fsp3) is 0. The number of benzene rings is 1. The Bertz CT molecular complexity index is 1130. The highest BCUT2D eigenvalue weighted by Crippen LogP contribution is 2.23. The van der Waals surface area contributed by atoms with Crippen LogP contribution in [-0.4, -0.2) is 22.2 Å². The molecule has 3 aromatic rings. The molecule has 3 heterocycles.